The Morgan fingerprint density at radius 3 is 2.32 bits per heavy atom. The van der Waals surface area contributed by atoms with Crippen LogP contribution in [0.3, 0.4) is 0 Å². The lowest BCUT2D eigenvalue weighted by Gasteiger charge is -2.08. The van der Waals surface area contributed by atoms with Crippen molar-refractivity contribution in [2.75, 3.05) is 19.8 Å². The molecule has 0 aromatic heterocycles. The molecule has 1 aromatic rings. The minimum atomic E-state index is -0.295. The van der Waals surface area contributed by atoms with E-state index in [4.69, 9.17) is 14.2 Å². The van der Waals surface area contributed by atoms with Crippen molar-refractivity contribution in [2.45, 2.75) is 25.7 Å². The van der Waals surface area contributed by atoms with Gasteiger partial charge in [0.2, 0.25) is 0 Å². The maximum atomic E-state index is 11.8. The van der Waals surface area contributed by atoms with Gasteiger partial charge in [0.1, 0.15) is 19.0 Å². The minimum Gasteiger partial charge on any atom is -0.490 e. The summed E-state index contributed by atoms with van der Waals surface area (Å²) in [5.41, 5.74) is 0.521. The van der Waals surface area contributed by atoms with Gasteiger partial charge in [-0.1, -0.05) is 0 Å². The Labute approximate surface area is 129 Å². The van der Waals surface area contributed by atoms with E-state index in [1.165, 1.54) is 0 Å². The minimum absolute atomic E-state index is 0.112. The second-order valence-electron chi connectivity index (χ2n) is 5.86. The molecule has 0 heterocycles. The molecule has 0 amide bonds. The summed E-state index contributed by atoms with van der Waals surface area (Å²) < 4.78 is 15.7. The van der Waals surface area contributed by atoms with Crippen LogP contribution in [0.4, 0.5) is 0 Å². The van der Waals surface area contributed by atoms with Crippen LogP contribution in [0, 0.1) is 11.8 Å². The molecule has 0 bridgehead atoms. The van der Waals surface area contributed by atoms with Gasteiger partial charge in [-0.25, -0.2) is 4.79 Å². The molecule has 2 aliphatic rings. The highest BCUT2D eigenvalue weighted by molar-refractivity contribution is 5.89. The highest BCUT2D eigenvalue weighted by Gasteiger charge is 2.31. The van der Waals surface area contributed by atoms with Crippen molar-refractivity contribution in [3.63, 3.8) is 0 Å². The quantitative estimate of drug-likeness (QED) is 0.545. The number of esters is 2. The van der Waals surface area contributed by atoms with Crippen molar-refractivity contribution in [1.82, 2.24) is 0 Å². The molecule has 0 radical (unpaired) electrons. The SMILES string of the molecule is O=C(OCC1CC1)c1ccc(OCCOC(=O)C2CC2)cc1. The fourth-order valence-electron chi connectivity index (χ4n) is 1.99. The van der Waals surface area contributed by atoms with E-state index in [0.29, 0.717) is 30.4 Å². The number of ether oxygens (including phenoxy) is 3. The summed E-state index contributed by atoms with van der Waals surface area (Å²) in [7, 11) is 0. The molecular formula is C17H20O5. The van der Waals surface area contributed by atoms with Gasteiger partial charge in [0.05, 0.1) is 18.1 Å². The third kappa shape index (κ3) is 4.48. The Bertz CT molecular complexity index is 528. The molecule has 0 spiro atoms. The molecule has 0 aliphatic heterocycles. The largest absolute Gasteiger partial charge is 0.490 e. The molecule has 5 heteroatoms. The van der Waals surface area contributed by atoms with E-state index in [-0.39, 0.29) is 24.5 Å². The van der Waals surface area contributed by atoms with Crippen molar-refractivity contribution in [1.29, 1.82) is 0 Å². The maximum absolute atomic E-state index is 11.8. The molecular weight excluding hydrogens is 284 g/mol. The van der Waals surface area contributed by atoms with Gasteiger partial charge in [-0.3, -0.25) is 4.79 Å². The van der Waals surface area contributed by atoms with Crippen LogP contribution in [0.1, 0.15) is 36.0 Å². The standard InChI is InChI=1S/C17H20O5/c18-16(13-3-4-13)21-10-9-20-15-7-5-14(6-8-15)17(19)22-11-12-1-2-12/h5-8,12-13H,1-4,9-11H2. The molecule has 5 nitrogen and oxygen atoms in total. The molecule has 118 valence electrons. The van der Waals surface area contributed by atoms with E-state index >= 15 is 0 Å². The zero-order valence-electron chi connectivity index (χ0n) is 12.5. The predicted octanol–water partition coefficient (Wildman–Crippen LogP) is 2.59. The second kappa shape index (κ2) is 6.81. The average Bonchev–Trinajstić information content (AvgIpc) is 3.41. The van der Waals surface area contributed by atoms with Crippen LogP contribution in [-0.2, 0) is 14.3 Å². The Balaban J connectivity index is 1.36. The van der Waals surface area contributed by atoms with E-state index in [1.807, 2.05) is 0 Å². The van der Waals surface area contributed by atoms with Gasteiger partial charge in [0.25, 0.3) is 0 Å². The lowest BCUT2D eigenvalue weighted by molar-refractivity contribution is -0.145. The first-order valence-corrected chi connectivity index (χ1v) is 7.79. The Kier molecular flexibility index (Phi) is 4.61. The molecule has 0 unspecified atom stereocenters. The summed E-state index contributed by atoms with van der Waals surface area (Å²) >= 11 is 0. The zero-order valence-corrected chi connectivity index (χ0v) is 12.5. The first kappa shape index (κ1) is 14.9. The molecule has 0 N–H and O–H groups in total. The number of carbonyl (C=O) groups is 2. The van der Waals surface area contributed by atoms with Crippen LogP contribution < -0.4 is 4.74 Å². The summed E-state index contributed by atoms with van der Waals surface area (Å²) in [4.78, 5) is 23.1. The third-order valence-electron chi connectivity index (χ3n) is 3.74. The predicted molar refractivity (Wildman–Crippen MR) is 78.6 cm³/mol. The monoisotopic (exact) mass is 304 g/mol. The van der Waals surface area contributed by atoms with Crippen molar-refractivity contribution >= 4 is 11.9 Å². The number of hydrogen-bond donors (Lipinski definition) is 0. The summed E-state index contributed by atoms with van der Waals surface area (Å²) in [6.45, 7) is 1.08. The summed E-state index contributed by atoms with van der Waals surface area (Å²) in [6.07, 6.45) is 4.20. The van der Waals surface area contributed by atoms with Gasteiger partial charge in [-0.05, 0) is 55.9 Å². The number of benzene rings is 1. The fourth-order valence-corrected chi connectivity index (χ4v) is 1.99. The average molecular weight is 304 g/mol. The summed E-state index contributed by atoms with van der Waals surface area (Å²) in [5, 5.41) is 0. The van der Waals surface area contributed by atoms with E-state index in [9.17, 15) is 9.59 Å². The van der Waals surface area contributed by atoms with Crippen LogP contribution >= 0.6 is 0 Å². The number of hydrogen-bond acceptors (Lipinski definition) is 5. The molecule has 2 fully saturated rings. The third-order valence-corrected chi connectivity index (χ3v) is 3.74. The molecule has 2 saturated carbocycles. The smallest absolute Gasteiger partial charge is 0.338 e. The lowest BCUT2D eigenvalue weighted by atomic mass is 10.2. The van der Waals surface area contributed by atoms with Crippen LogP contribution in [0.15, 0.2) is 24.3 Å². The highest BCUT2D eigenvalue weighted by Crippen LogP contribution is 2.30. The van der Waals surface area contributed by atoms with Gasteiger partial charge in [-0.2, -0.15) is 0 Å². The Morgan fingerprint density at radius 2 is 1.68 bits per heavy atom. The van der Waals surface area contributed by atoms with Gasteiger partial charge in [-0.15, -0.1) is 0 Å². The topological polar surface area (TPSA) is 61.8 Å². The van der Waals surface area contributed by atoms with Crippen molar-refractivity contribution in [2.24, 2.45) is 11.8 Å². The number of carbonyl (C=O) groups excluding carboxylic acids is 2. The molecule has 3 rings (SSSR count). The number of rotatable bonds is 8. The molecule has 0 saturated heterocycles. The van der Waals surface area contributed by atoms with Gasteiger partial charge >= 0.3 is 11.9 Å². The Hall–Kier alpha value is -2.04. The first-order chi connectivity index (χ1) is 10.7. The van der Waals surface area contributed by atoms with E-state index < -0.39 is 0 Å². The van der Waals surface area contributed by atoms with Crippen molar-refractivity contribution in [3.05, 3.63) is 29.8 Å². The Morgan fingerprint density at radius 1 is 0.955 bits per heavy atom. The van der Waals surface area contributed by atoms with Crippen molar-refractivity contribution in [3.8, 4) is 5.75 Å². The van der Waals surface area contributed by atoms with Crippen molar-refractivity contribution < 1.29 is 23.8 Å². The van der Waals surface area contributed by atoms with Crippen LogP contribution in [0.2, 0.25) is 0 Å². The van der Waals surface area contributed by atoms with Crippen LogP contribution in [0.25, 0.3) is 0 Å². The maximum Gasteiger partial charge on any atom is 0.338 e. The summed E-state index contributed by atoms with van der Waals surface area (Å²) in [6, 6.07) is 6.80. The van der Waals surface area contributed by atoms with Crippen LogP contribution in [-0.4, -0.2) is 31.8 Å². The van der Waals surface area contributed by atoms with E-state index in [2.05, 4.69) is 0 Å². The fraction of sp³-hybridized carbons (Fsp3) is 0.529. The van der Waals surface area contributed by atoms with E-state index in [1.54, 1.807) is 24.3 Å². The zero-order chi connectivity index (χ0) is 15.4. The second-order valence-corrected chi connectivity index (χ2v) is 5.86. The normalized spacial score (nSPS) is 16.9. The summed E-state index contributed by atoms with van der Waals surface area (Å²) in [5.74, 6) is 0.890. The van der Waals surface area contributed by atoms with Gasteiger partial charge in [0, 0.05) is 0 Å². The van der Waals surface area contributed by atoms with Crippen LogP contribution in [0.5, 0.6) is 5.75 Å². The van der Waals surface area contributed by atoms with Gasteiger partial charge in [0.15, 0.2) is 0 Å². The lowest BCUT2D eigenvalue weighted by Crippen LogP contribution is -2.13. The first-order valence-electron chi connectivity index (χ1n) is 7.79. The molecule has 1 aromatic carbocycles. The van der Waals surface area contributed by atoms with Gasteiger partial charge < -0.3 is 14.2 Å². The highest BCUT2D eigenvalue weighted by atomic mass is 16.6. The molecule has 22 heavy (non-hydrogen) atoms. The van der Waals surface area contributed by atoms with E-state index in [0.717, 1.165) is 25.7 Å². The molecule has 0 atom stereocenters. The molecule has 2 aliphatic carbocycles.